The third-order valence-corrected chi connectivity index (χ3v) is 3.09. The van der Waals surface area contributed by atoms with E-state index in [4.69, 9.17) is 4.52 Å². The number of hydrogen-bond donors (Lipinski definition) is 0. The molecular formula is C11H15OP. The van der Waals surface area contributed by atoms with Gasteiger partial charge in [0.15, 0.2) is 0 Å². The second kappa shape index (κ2) is 3.77. The van der Waals surface area contributed by atoms with Crippen LogP contribution in [0.2, 0.25) is 0 Å². The zero-order valence-corrected chi connectivity index (χ0v) is 9.05. The lowest BCUT2D eigenvalue weighted by atomic mass is 10.1. The number of fused-ring (bicyclic) bond motifs is 1. The number of hydrogen-bond acceptors (Lipinski definition) is 1. The smallest absolute Gasteiger partial charge is 0.0698 e. The van der Waals surface area contributed by atoms with Crippen LogP contribution < -0.4 is 0 Å². The Balaban J connectivity index is 2.05. The Hall–Kier alpha value is -0.390. The van der Waals surface area contributed by atoms with E-state index in [1.807, 2.05) is 0 Å². The molecule has 0 spiro atoms. The van der Waals surface area contributed by atoms with Crippen molar-refractivity contribution in [3.8, 4) is 0 Å². The standard InChI is InChI=1S/C11H15OP/c1-13(2)12-11-7-9-5-3-4-6-10(9)8-11/h3-6,11H,7-8H2,1-2H3. The Labute approximate surface area is 81.0 Å². The van der Waals surface area contributed by atoms with Crippen molar-refractivity contribution in [3.63, 3.8) is 0 Å². The summed E-state index contributed by atoms with van der Waals surface area (Å²) >= 11 is 0. The lowest BCUT2D eigenvalue weighted by molar-refractivity contribution is 0.242. The van der Waals surface area contributed by atoms with Crippen LogP contribution in [0.3, 0.4) is 0 Å². The number of benzene rings is 1. The van der Waals surface area contributed by atoms with Crippen molar-refractivity contribution in [2.75, 3.05) is 13.3 Å². The molecule has 2 heteroatoms. The molecule has 70 valence electrons. The predicted octanol–water partition coefficient (Wildman–Crippen LogP) is 2.83. The normalized spacial score (nSPS) is 16.5. The van der Waals surface area contributed by atoms with Crippen molar-refractivity contribution < 1.29 is 4.52 Å². The zero-order chi connectivity index (χ0) is 9.26. The van der Waals surface area contributed by atoms with Crippen LogP contribution >= 0.6 is 8.15 Å². The van der Waals surface area contributed by atoms with Crippen LogP contribution in [-0.2, 0) is 17.4 Å². The van der Waals surface area contributed by atoms with Gasteiger partial charge in [-0.2, -0.15) is 0 Å². The molecule has 13 heavy (non-hydrogen) atoms. The van der Waals surface area contributed by atoms with Crippen LogP contribution in [0.1, 0.15) is 11.1 Å². The molecule has 0 atom stereocenters. The Morgan fingerprint density at radius 2 is 1.69 bits per heavy atom. The molecule has 0 saturated heterocycles. The fourth-order valence-corrected chi connectivity index (χ4v) is 2.64. The van der Waals surface area contributed by atoms with Crippen LogP contribution in [0.5, 0.6) is 0 Å². The highest BCUT2D eigenvalue weighted by atomic mass is 31.1. The van der Waals surface area contributed by atoms with Gasteiger partial charge >= 0.3 is 0 Å². The molecule has 0 aliphatic heterocycles. The van der Waals surface area contributed by atoms with Crippen molar-refractivity contribution >= 4 is 8.15 Å². The first-order chi connectivity index (χ1) is 6.25. The molecule has 1 aromatic carbocycles. The lowest BCUT2D eigenvalue weighted by Gasteiger charge is -2.13. The van der Waals surface area contributed by atoms with Crippen LogP contribution in [0.15, 0.2) is 24.3 Å². The molecule has 1 aromatic rings. The molecule has 1 aliphatic rings. The summed E-state index contributed by atoms with van der Waals surface area (Å²) < 4.78 is 5.86. The van der Waals surface area contributed by atoms with Crippen molar-refractivity contribution in [2.24, 2.45) is 0 Å². The average molecular weight is 194 g/mol. The summed E-state index contributed by atoms with van der Waals surface area (Å²) in [7, 11) is -0.214. The van der Waals surface area contributed by atoms with Gasteiger partial charge in [-0.05, 0) is 37.3 Å². The van der Waals surface area contributed by atoms with Gasteiger partial charge in [0.25, 0.3) is 0 Å². The first kappa shape index (κ1) is 9.18. The lowest BCUT2D eigenvalue weighted by Crippen LogP contribution is -2.08. The summed E-state index contributed by atoms with van der Waals surface area (Å²) in [6.45, 7) is 4.33. The van der Waals surface area contributed by atoms with E-state index in [2.05, 4.69) is 37.6 Å². The van der Waals surface area contributed by atoms with E-state index in [1.165, 1.54) is 11.1 Å². The highest BCUT2D eigenvalue weighted by Crippen LogP contribution is 2.34. The number of rotatable bonds is 2. The Morgan fingerprint density at radius 1 is 1.15 bits per heavy atom. The molecule has 0 saturated carbocycles. The van der Waals surface area contributed by atoms with E-state index in [1.54, 1.807) is 0 Å². The highest BCUT2D eigenvalue weighted by molar-refractivity contribution is 7.50. The Bertz CT molecular complexity index is 271. The molecule has 0 fully saturated rings. The van der Waals surface area contributed by atoms with Crippen molar-refractivity contribution in [2.45, 2.75) is 18.9 Å². The molecule has 0 N–H and O–H groups in total. The fourth-order valence-electron chi connectivity index (χ4n) is 1.89. The molecule has 0 amide bonds. The van der Waals surface area contributed by atoms with Crippen LogP contribution in [0.4, 0.5) is 0 Å². The second-order valence-electron chi connectivity index (χ2n) is 3.72. The van der Waals surface area contributed by atoms with Crippen LogP contribution in [0.25, 0.3) is 0 Å². The minimum atomic E-state index is -0.214. The first-order valence-electron chi connectivity index (χ1n) is 4.66. The average Bonchev–Trinajstić information content (AvgIpc) is 2.44. The maximum Gasteiger partial charge on any atom is 0.0698 e. The highest BCUT2D eigenvalue weighted by Gasteiger charge is 2.21. The molecular weight excluding hydrogens is 179 g/mol. The maximum atomic E-state index is 5.86. The van der Waals surface area contributed by atoms with Crippen LogP contribution in [0, 0.1) is 0 Å². The molecule has 0 bridgehead atoms. The van der Waals surface area contributed by atoms with Gasteiger partial charge in [0, 0.05) is 8.15 Å². The molecule has 0 aromatic heterocycles. The van der Waals surface area contributed by atoms with Crippen molar-refractivity contribution in [1.82, 2.24) is 0 Å². The fraction of sp³-hybridized carbons (Fsp3) is 0.455. The Kier molecular flexibility index (Phi) is 2.66. The van der Waals surface area contributed by atoms with E-state index in [0.29, 0.717) is 6.10 Å². The second-order valence-corrected chi connectivity index (χ2v) is 5.55. The third kappa shape index (κ3) is 2.10. The molecule has 0 radical (unpaired) electrons. The maximum absolute atomic E-state index is 5.86. The van der Waals surface area contributed by atoms with E-state index in [-0.39, 0.29) is 8.15 Å². The Morgan fingerprint density at radius 3 is 2.15 bits per heavy atom. The molecule has 0 heterocycles. The van der Waals surface area contributed by atoms with E-state index in [9.17, 15) is 0 Å². The summed E-state index contributed by atoms with van der Waals surface area (Å²) in [5.74, 6) is 0. The molecule has 1 aliphatic carbocycles. The van der Waals surface area contributed by atoms with E-state index >= 15 is 0 Å². The minimum absolute atomic E-state index is 0.214. The van der Waals surface area contributed by atoms with E-state index < -0.39 is 0 Å². The van der Waals surface area contributed by atoms with E-state index in [0.717, 1.165) is 12.8 Å². The summed E-state index contributed by atoms with van der Waals surface area (Å²) in [6.07, 6.45) is 2.66. The summed E-state index contributed by atoms with van der Waals surface area (Å²) in [5.41, 5.74) is 2.95. The van der Waals surface area contributed by atoms with Crippen LogP contribution in [-0.4, -0.2) is 19.4 Å². The molecule has 1 nitrogen and oxygen atoms in total. The van der Waals surface area contributed by atoms with Gasteiger partial charge in [0.1, 0.15) is 0 Å². The SMILES string of the molecule is CP(C)OC1Cc2ccccc2C1. The predicted molar refractivity (Wildman–Crippen MR) is 57.5 cm³/mol. The van der Waals surface area contributed by atoms with Gasteiger partial charge in [-0.15, -0.1) is 0 Å². The minimum Gasteiger partial charge on any atom is -0.356 e. The monoisotopic (exact) mass is 194 g/mol. The summed E-state index contributed by atoms with van der Waals surface area (Å²) in [4.78, 5) is 0. The topological polar surface area (TPSA) is 9.23 Å². The van der Waals surface area contributed by atoms with Crippen molar-refractivity contribution in [1.29, 1.82) is 0 Å². The summed E-state index contributed by atoms with van der Waals surface area (Å²) in [6, 6.07) is 8.66. The quantitative estimate of drug-likeness (QED) is 0.658. The van der Waals surface area contributed by atoms with Gasteiger partial charge in [-0.3, -0.25) is 0 Å². The van der Waals surface area contributed by atoms with Gasteiger partial charge in [-0.25, -0.2) is 0 Å². The first-order valence-corrected chi connectivity index (χ1v) is 6.82. The largest absolute Gasteiger partial charge is 0.356 e. The molecule has 2 rings (SSSR count). The van der Waals surface area contributed by atoms with Gasteiger partial charge in [0.05, 0.1) is 6.10 Å². The van der Waals surface area contributed by atoms with Gasteiger partial charge < -0.3 is 4.52 Å². The zero-order valence-electron chi connectivity index (χ0n) is 8.16. The van der Waals surface area contributed by atoms with Crippen molar-refractivity contribution in [3.05, 3.63) is 35.4 Å². The van der Waals surface area contributed by atoms with Gasteiger partial charge in [0.2, 0.25) is 0 Å². The molecule has 0 unspecified atom stereocenters. The summed E-state index contributed by atoms with van der Waals surface area (Å²) in [5, 5.41) is 0. The van der Waals surface area contributed by atoms with Gasteiger partial charge in [-0.1, -0.05) is 24.3 Å². The third-order valence-electron chi connectivity index (χ3n) is 2.37.